The number of nitrogens with zero attached hydrogens (tertiary/aromatic N) is 1. The number of allylic oxidation sites excluding steroid dienone is 1. The molecule has 20 heavy (non-hydrogen) atoms. The van der Waals surface area contributed by atoms with Gasteiger partial charge in [0.2, 0.25) is 5.91 Å². The van der Waals surface area contributed by atoms with Crippen molar-refractivity contribution in [1.82, 2.24) is 4.90 Å². The first kappa shape index (κ1) is 12.2. The zero-order valence-electron chi connectivity index (χ0n) is 11.8. The molecule has 2 heteroatoms. The van der Waals surface area contributed by atoms with Gasteiger partial charge in [-0.3, -0.25) is 4.79 Å². The van der Waals surface area contributed by atoms with E-state index in [0.717, 1.165) is 12.8 Å². The predicted octanol–water partition coefficient (Wildman–Crippen LogP) is 3.84. The van der Waals surface area contributed by atoms with E-state index in [2.05, 4.69) is 35.2 Å². The quantitative estimate of drug-likeness (QED) is 0.757. The summed E-state index contributed by atoms with van der Waals surface area (Å²) in [4.78, 5) is 14.9. The van der Waals surface area contributed by atoms with Crippen molar-refractivity contribution < 1.29 is 4.79 Å². The van der Waals surface area contributed by atoms with Gasteiger partial charge >= 0.3 is 0 Å². The second-order valence-electron chi connectivity index (χ2n) is 6.42. The lowest BCUT2D eigenvalue weighted by Crippen LogP contribution is -2.27. The Morgan fingerprint density at radius 2 is 1.85 bits per heavy atom. The summed E-state index contributed by atoms with van der Waals surface area (Å²) in [6, 6.07) is 10.9. The Morgan fingerprint density at radius 1 is 1.05 bits per heavy atom. The molecule has 1 saturated carbocycles. The molecule has 1 aromatic rings. The molecular formula is C18H21NO. The zero-order valence-corrected chi connectivity index (χ0v) is 11.8. The van der Waals surface area contributed by atoms with E-state index in [-0.39, 0.29) is 0 Å². The molecule has 2 nitrogen and oxygen atoms in total. The Kier molecular flexibility index (Phi) is 2.90. The highest BCUT2D eigenvalue weighted by Crippen LogP contribution is 2.48. The maximum atomic E-state index is 12.7. The van der Waals surface area contributed by atoms with Gasteiger partial charge in [0.25, 0.3) is 0 Å². The first-order valence-corrected chi connectivity index (χ1v) is 7.93. The Morgan fingerprint density at radius 3 is 2.70 bits per heavy atom. The van der Waals surface area contributed by atoms with Crippen LogP contribution in [0.5, 0.6) is 0 Å². The third-order valence-electron chi connectivity index (χ3n) is 5.34. The average molecular weight is 267 g/mol. The summed E-state index contributed by atoms with van der Waals surface area (Å²) < 4.78 is 0. The monoisotopic (exact) mass is 267 g/mol. The van der Waals surface area contributed by atoms with Crippen molar-refractivity contribution in [3.05, 3.63) is 41.6 Å². The van der Waals surface area contributed by atoms with Crippen molar-refractivity contribution >= 4 is 12.0 Å². The van der Waals surface area contributed by atoms with E-state index in [4.69, 9.17) is 0 Å². The Labute approximate surface area is 120 Å². The summed E-state index contributed by atoms with van der Waals surface area (Å²) in [5, 5.41) is 0. The summed E-state index contributed by atoms with van der Waals surface area (Å²) in [7, 11) is 0. The predicted molar refractivity (Wildman–Crippen MR) is 79.7 cm³/mol. The van der Waals surface area contributed by atoms with Crippen molar-refractivity contribution in [2.24, 2.45) is 11.8 Å². The number of carbonyl (C=O) groups excluding carboxylic acids is 1. The number of rotatable bonds is 1. The van der Waals surface area contributed by atoms with E-state index in [9.17, 15) is 4.79 Å². The minimum atomic E-state index is 0.327. The van der Waals surface area contributed by atoms with Crippen LogP contribution in [0, 0.1) is 11.8 Å². The van der Waals surface area contributed by atoms with Crippen LogP contribution in [0.15, 0.2) is 36.0 Å². The molecule has 3 atom stereocenters. The number of fused-ring (bicyclic) bond motifs is 3. The van der Waals surface area contributed by atoms with Crippen molar-refractivity contribution in [2.45, 2.75) is 44.6 Å². The highest BCUT2D eigenvalue weighted by Gasteiger charge is 2.51. The van der Waals surface area contributed by atoms with E-state index < -0.39 is 0 Å². The molecule has 0 N–H and O–H groups in total. The Balaban J connectivity index is 1.65. The second kappa shape index (κ2) is 4.76. The molecule has 0 spiro atoms. The van der Waals surface area contributed by atoms with Gasteiger partial charge in [0.05, 0.1) is 0 Å². The van der Waals surface area contributed by atoms with Crippen LogP contribution in [0.3, 0.4) is 0 Å². The molecule has 1 aromatic carbocycles. The standard InChI is InChI=1S/C18H21NO/c20-18-16-9-5-4-8-15(16)17-11-10-14(19(17)18)12-13-6-2-1-3-7-13/h1-3,6-7,12,15-17H,4-5,8-11H2/b14-12+/t15-,16+,17-/m0/s1. The lowest BCUT2D eigenvalue weighted by Gasteiger charge is -2.25. The molecule has 0 unspecified atom stereocenters. The second-order valence-corrected chi connectivity index (χ2v) is 6.42. The molecule has 3 aliphatic rings. The zero-order chi connectivity index (χ0) is 13.5. The van der Waals surface area contributed by atoms with E-state index in [1.54, 1.807) is 0 Å². The third kappa shape index (κ3) is 1.81. The van der Waals surface area contributed by atoms with Crippen LogP contribution in [-0.2, 0) is 4.79 Å². The van der Waals surface area contributed by atoms with Gasteiger partial charge < -0.3 is 4.90 Å². The number of hydrogen-bond acceptors (Lipinski definition) is 1. The SMILES string of the molecule is O=C1[C@@H]2CCCC[C@@H]2[C@@H]2CC/C(=C\c3ccccc3)N12. The summed E-state index contributed by atoms with van der Waals surface area (Å²) in [6.07, 6.45) is 9.39. The fourth-order valence-corrected chi connectivity index (χ4v) is 4.46. The third-order valence-corrected chi connectivity index (χ3v) is 5.34. The van der Waals surface area contributed by atoms with Crippen LogP contribution in [0.2, 0.25) is 0 Å². The van der Waals surface area contributed by atoms with Gasteiger partial charge in [-0.05, 0) is 43.2 Å². The van der Waals surface area contributed by atoms with Crippen molar-refractivity contribution in [1.29, 1.82) is 0 Å². The molecule has 0 radical (unpaired) electrons. The van der Waals surface area contributed by atoms with Gasteiger partial charge in [0.1, 0.15) is 0 Å². The fraction of sp³-hybridized carbons (Fsp3) is 0.500. The maximum absolute atomic E-state index is 12.7. The molecule has 2 saturated heterocycles. The van der Waals surface area contributed by atoms with E-state index in [1.807, 2.05) is 6.07 Å². The summed E-state index contributed by atoms with van der Waals surface area (Å²) >= 11 is 0. The minimum absolute atomic E-state index is 0.327. The first-order valence-electron chi connectivity index (χ1n) is 7.93. The number of carbonyl (C=O) groups is 1. The molecular weight excluding hydrogens is 246 g/mol. The summed E-state index contributed by atoms with van der Waals surface area (Å²) in [6.45, 7) is 0. The smallest absolute Gasteiger partial charge is 0.230 e. The Hall–Kier alpha value is -1.57. The number of hydrogen-bond donors (Lipinski definition) is 0. The lowest BCUT2D eigenvalue weighted by atomic mass is 9.77. The van der Waals surface area contributed by atoms with Gasteiger partial charge in [-0.25, -0.2) is 0 Å². The molecule has 0 aromatic heterocycles. The number of benzene rings is 1. The van der Waals surface area contributed by atoms with Crippen LogP contribution in [0.1, 0.15) is 44.1 Å². The van der Waals surface area contributed by atoms with Gasteiger partial charge in [0, 0.05) is 17.7 Å². The van der Waals surface area contributed by atoms with E-state index in [1.165, 1.54) is 36.9 Å². The molecule has 1 amide bonds. The van der Waals surface area contributed by atoms with Crippen LogP contribution < -0.4 is 0 Å². The molecule has 4 rings (SSSR count). The normalized spacial score (nSPS) is 34.4. The first-order chi connectivity index (χ1) is 9.84. The highest BCUT2D eigenvalue weighted by atomic mass is 16.2. The van der Waals surface area contributed by atoms with Gasteiger partial charge in [-0.15, -0.1) is 0 Å². The van der Waals surface area contributed by atoms with Crippen molar-refractivity contribution in [3.8, 4) is 0 Å². The van der Waals surface area contributed by atoms with E-state index in [0.29, 0.717) is 23.8 Å². The molecule has 2 heterocycles. The summed E-state index contributed by atoms with van der Waals surface area (Å²) in [5.74, 6) is 1.38. The lowest BCUT2D eigenvalue weighted by molar-refractivity contribution is -0.130. The van der Waals surface area contributed by atoms with E-state index >= 15 is 0 Å². The largest absolute Gasteiger partial charge is 0.313 e. The van der Waals surface area contributed by atoms with Gasteiger partial charge in [-0.2, -0.15) is 0 Å². The maximum Gasteiger partial charge on any atom is 0.230 e. The van der Waals surface area contributed by atoms with Crippen LogP contribution >= 0.6 is 0 Å². The molecule has 3 fully saturated rings. The van der Waals surface area contributed by atoms with Crippen LogP contribution in [-0.4, -0.2) is 16.8 Å². The van der Waals surface area contributed by atoms with Gasteiger partial charge in [-0.1, -0.05) is 43.2 Å². The van der Waals surface area contributed by atoms with Crippen molar-refractivity contribution in [2.75, 3.05) is 0 Å². The molecule has 1 aliphatic carbocycles. The van der Waals surface area contributed by atoms with Crippen molar-refractivity contribution in [3.63, 3.8) is 0 Å². The number of amides is 1. The summed E-state index contributed by atoms with van der Waals surface area (Å²) in [5.41, 5.74) is 2.46. The van der Waals surface area contributed by atoms with Crippen LogP contribution in [0.25, 0.3) is 6.08 Å². The van der Waals surface area contributed by atoms with Gasteiger partial charge in [0.15, 0.2) is 0 Å². The molecule has 2 aliphatic heterocycles. The minimum Gasteiger partial charge on any atom is -0.313 e. The highest BCUT2D eigenvalue weighted by molar-refractivity contribution is 5.85. The fourth-order valence-electron chi connectivity index (χ4n) is 4.46. The molecule has 0 bridgehead atoms. The Bertz CT molecular complexity index is 548. The molecule has 104 valence electrons. The average Bonchev–Trinajstić information content (AvgIpc) is 3.02. The topological polar surface area (TPSA) is 20.3 Å². The van der Waals surface area contributed by atoms with Crippen LogP contribution in [0.4, 0.5) is 0 Å².